The topological polar surface area (TPSA) is 41.6 Å². The van der Waals surface area contributed by atoms with E-state index in [2.05, 4.69) is 11.1 Å². The van der Waals surface area contributed by atoms with Gasteiger partial charge < -0.3 is 4.57 Å². The first-order valence-electron chi connectivity index (χ1n) is 3.79. The lowest BCUT2D eigenvalue weighted by Crippen LogP contribution is -1.93. The van der Waals surface area contributed by atoms with Crippen LogP contribution in [0.15, 0.2) is 24.5 Å². The fourth-order valence-electron chi connectivity index (χ4n) is 1.26. The summed E-state index contributed by atoms with van der Waals surface area (Å²) in [4.78, 5) is 4.15. The Hall–Kier alpha value is -1.53. The van der Waals surface area contributed by atoms with Crippen molar-refractivity contribution in [3.63, 3.8) is 0 Å². The molecule has 0 fully saturated rings. The zero-order valence-corrected chi connectivity index (χ0v) is 7.49. The summed E-state index contributed by atoms with van der Waals surface area (Å²) in [5.74, 6) is 0. The molecule has 0 aliphatic heterocycles. The van der Waals surface area contributed by atoms with Crippen molar-refractivity contribution >= 4 is 22.6 Å². The second-order valence-corrected chi connectivity index (χ2v) is 3.04. The van der Waals surface area contributed by atoms with Gasteiger partial charge in [0.15, 0.2) is 0 Å². The number of hydrogen-bond acceptors (Lipinski definition) is 2. The molecule has 64 valence electrons. The SMILES string of the molecule is N#CCn1ccc2c(Cl)ccnc21. The van der Waals surface area contributed by atoms with Crippen LogP contribution in [0.3, 0.4) is 0 Å². The lowest BCUT2D eigenvalue weighted by Gasteiger charge is -1.97. The number of pyridine rings is 1. The second-order valence-electron chi connectivity index (χ2n) is 2.63. The van der Waals surface area contributed by atoms with Crippen LogP contribution in [0.2, 0.25) is 5.02 Å². The molecule has 0 saturated heterocycles. The molecule has 0 spiro atoms. The molecule has 0 amide bonds. The minimum atomic E-state index is 0.302. The molecule has 4 heteroatoms. The van der Waals surface area contributed by atoms with Crippen LogP contribution in [0.25, 0.3) is 11.0 Å². The van der Waals surface area contributed by atoms with E-state index in [1.54, 1.807) is 16.8 Å². The highest BCUT2D eigenvalue weighted by molar-refractivity contribution is 6.35. The zero-order valence-electron chi connectivity index (χ0n) is 6.74. The maximum atomic E-state index is 8.54. The van der Waals surface area contributed by atoms with E-state index in [1.807, 2.05) is 12.3 Å². The van der Waals surface area contributed by atoms with Gasteiger partial charge in [-0.3, -0.25) is 0 Å². The Labute approximate surface area is 80.2 Å². The van der Waals surface area contributed by atoms with Crippen LogP contribution in [0.4, 0.5) is 0 Å². The van der Waals surface area contributed by atoms with Crippen molar-refractivity contribution in [2.24, 2.45) is 0 Å². The Bertz CT molecular complexity index is 481. The number of fused-ring (bicyclic) bond motifs is 1. The van der Waals surface area contributed by atoms with Gasteiger partial charge in [-0.2, -0.15) is 5.26 Å². The van der Waals surface area contributed by atoms with E-state index in [0.29, 0.717) is 11.6 Å². The number of hydrogen-bond donors (Lipinski definition) is 0. The quantitative estimate of drug-likeness (QED) is 0.694. The average molecular weight is 192 g/mol. The van der Waals surface area contributed by atoms with E-state index in [0.717, 1.165) is 11.0 Å². The first kappa shape index (κ1) is 8.09. The van der Waals surface area contributed by atoms with Gasteiger partial charge in [0.1, 0.15) is 12.2 Å². The Morgan fingerprint density at radius 3 is 3.15 bits per heavy atom. The molecule has 2 aromatic heterocycles. The van der Waals surface area contributed by atoms with E-state index in [1.165, 1.54) is 0 Å². The summed E-state index contributed by atoms with van der Waals surface area (Å²) in [5, 5.41) is 10.1. The molecule has 2 heterocycles. The summed E-state index contributed by atoms with van der Waals surface area (Å²) in [6, 6.07) is 5.66. The average Bonchev–Trinajstić information content (AvgIpc) is 2.51. The molecule has 13 heavy (non-hydrogen) atoms. The van der Waals surface area contributed by atoms with Gasteiger partial charge in [-0.05, 0) is 12.1 Å². The molecule has 0 atom stereocenters. The highest BCUT2D eigenvalue weighted by Crippen LogP contribution is 2.21. The van der Waals surface area contributed by atoms with Crippen LogP contribution in [-0.4, -0.2) is 9.55 Å². The summed E-state index contributed by atoms with van der Waals surface area (Å²) in [5.41, 5.74) is 0.758. The minimum absolute atomic E-state index is 0.302. The number of nitriles is 1. The Balaban J connectivity index is 2.70. The predicted molar refractivity (Wildman–Crippen MR) is 50.4 cm³/mol. The van der Waals surface area contributed by atoms with Gasteiger partial charge in [-0.15, -0.1) is 0 Å². The Morgan fingerprint density at radius 2 is 2.38 bits per heavy atom. The first-order chi connectivity index (χ1) is 6.33. The lowest BCUT2D eigenvalue weighted by molar-refractivity contribution is 0.861. The molecular weight excluding hydrogens is 186 g/mol. The zero-order chi connectivity index (χ0) is 9.26. The van der Waals surface area contributed by atoms with Crippen LogP contribution >= 0.6 is 11.6 Å². The second kappa shape index (κ2) is 3.08. The Morgan fingerprint density at radius 1 is 1.54 bits per heavy atom. The van der Waals surface area contributed by atoms with Crippen molar-refractivity contribution in [3.05, 3.63) is 29.5 Å². The van der Waals surface area contributed by atoms with Crippen molar-refractivity contribution < 1.29 is 0 Å². The molecule has 0 saturated carbocycles. The van der Waals surface area contributed by atoms with Gasteiger partial charge >= 0.3 is 0 Å². The third kappa shape index (κ3) is 1.25. The van der Waals surface area contributed by atoms with Gasteiger partial charge in [0, 0.05) is 17.8 Å². The molecule has 2 rings (SSSR count). The lowest BCUT2D eigenvalue weighted by atomic mass is 10.3. The summed E-state index contributed by atoms with van der Waals surface area (Å²) in [7, 11) is 0. The number of halogens is 1. The third-order valence-electron chi connectivity index (χ3n) is 1.85. The highest BCUT2D eigenvalue weighted by atomic mass is 35.5. The van der Waals surface area contributed by atoms with Crippen molar-refractivity contribution in [1.82, 2.24) is 9.55 Å². The molecule has 0 N–H and O–H groups in total. The van der Waals surface area contributed by atoms with Crippen LogP contribution in [-0.2, 0) is 6.54 Å². The molecule has 0 bridgehead atoms. The van der Waals surface area contributed by atoms with Crippen LogP contribution in [0.5, 0.6) is 0 Å². The van der Waals surface area contributed by atoms with E-state index in [4.69, 9.17) is 16.9 Å². The van der Waals surface area contributed by atoms with Crippen molar-refractivity contribution in [1.29, 1.82) is 5.26 Å². The molecule has 0 unspecified atom stereocenters. The van der Waals surface area contributed by atoms with Crippen LogP contribution in [0.1, 0.15) is 0 Å². The van der Waals surface area contributed by atoms with Gasteiger partial charge in [-0.25, -0.2) is 4.98 Å². The summed E-state index contributed by atoms with van der Waals surface area (Å²) in [6.07, 6.45) is 3.45. The van der Waals surface area contributed by atoms with Crippen molar-refractivity contribution in [2.75, 3.05) is 0 Å². The molecule has 2 aromatic rings. The fourth-order valence-corrected chi connectivity index (χ4v) is 1.47. The summed E-state index contributed by atoms with van der Waals surface area (Å²) in [6.45, 7) is 0.302. The maximum Gasteiger partial charge on any atom is 0.142 e. The smallest absolute Gasteiger partial charge is 0.142 e. The summed E-state index contributed by atoms with van der Waals surface area (Å²) < 4.78 is 1.77. The molecule has 0 aromatic carbocycles. The van der Waals surface area contributed by atoms with E-state index in [9.17, 15) is 0 Å². The number of rotatable bonds is 1. The minimum Gasteiger partial charge on any atom is -0.319 e. The van der Waals surface area contributed by atoms with Crippen molar-refractivity contribution in [2.45, 2.75) is 6.54 Å². The molecular formula is C9H6ClN3. The number of nitrogens with zero attached hydrogens (tertiary/aromatic N) is 3. The van der Waals surface area contributed by atoms with Crippen molar-refractivity contribution in [3.8, 4) is 6.07 Å². The fraction of sp³-hybridized carbons (Fsp3) is 0.111. The summed E-state index contributed by atoms with van der Waals surface area (Å²) >= 11 is 5.93. The van der Waals surface area contributed by atoms with Gasteiger partial charge in [-0.1, -0.05) is 11.6 Å². The highest BCUT2D eigenvalue weighted by Gasteiger charge is 2.03. The normalized spacial score (nSPS) is 10.2. The van der Waals surface area contributed by atoms with E-state index >= 15 is 0 Å². The molecule has 0 aliphatic rings. The van der Waals surface area contributed by atoms with Crippen LogP contribution in [0, 0.1) is 11.3 Å². The molecule has 3 nitrogen and oxygen atoms in total. The van der Waals surface area contributed by atoms with Crippen LogP contribution < -0.4 is 0 Å². The number of aromatic nitrogens is 2. The molecule has 0 aliphatic carbocycles. The van der Waals surface area contributed by atoms with Gasteiger partial charge in [0.25, 0.3) is 0 Å². The van der Waals surface area contributed by atoms with Gasteiger partial charge in [0.05, 0.1) is 11.1 Å². The van der Waals surface area contributed by atoms with E-state index in [-0.39, 0.29) is 0 Å². The Kier molecular flexibility index (Phi) is 1.91. The molecule has 0 radical (unpaired) electrons. The van der Waals surface area contributed by atoms with E-state index < -0.39 is 0 Å². The predicted octanol–water partition coefficient (Wildman–Crippen LogP) is 2.21. The largest absolute Gasteiger partial charge is 0.319 e. The standard InChI is InChI=1S/C9H6ClN3/c10-8-1-4-12-9-7(8)2-5-13(9)6-3-11/h1-2,4-5H,6H2. The van der Waals surface area contributed by atoms with Gasteiger partial charge in [0.2, 0.25) is 0 Å². The monoisotopic (exact) mass is 191 g/mol. The first-order valence-corrected chi connectivity index (χ1v) is 4.17. The third-order valence-corrected chi connectivity index (χ3v) is 2.18. The maximum absolute atomic E-state index is 8.54.